The molecule has 1 aliphatic heterocycles. The molecule has 3 amide bonds. The van der Waals surface area contributed by atoms with E-state index < -0.39 is 35.4 Å². The number of thiazole rings is 1. The molecule has 1 saturated heterocycles. The van der Waals surface area contributed by atoms with Gasteiger partial charge in [0.05, 0.1) is 61.8 Å². The predicted octanol–water partition coefficient (Wildman–Crippen LogP) is 2.31. The number of β-amino-alcohol motifs (C(OH)–C–C–N with tert-alkyl or cyclic N) is 1. The van der Waals surface area contributed by atoms with Crippen molar-refractivity contribution >= 4 is 29.1 Å². The van der Waals surface area contributed by atoms with E-state index in [1.807, 2.05) is 64.4 Å². The minimum absolute atomic E-state index is 0.00541. The Morgan fingerprint density at radius 2 is 1.64 bits per heavy atom. The zero-order valence-corrected chi connectivity index (χ0v) is 27.8. The zero-order valence-electron chi connectivity index (χ0n) is 27.0. The number of nitrogens with zero attached hydrogens (tertiary/aromatic N) is 2. The second-order valence-electron chi connectivity index (χ2n) is 11.9. The van der Waals surface area contributed by atoms with Crippen LogP contribution in [0.5, 0.6) is 0 Å². The minimum atomic E-state index is -0.929. The van der Waals surface area contributed by atoms with Gasteiger partial charge < -0.3 is 39.6 Å². The Balaban J connectivity index is 1.47. The summed E-state index contributed by atoms with van der Waals surface area (Å²) < 4.78 is 21.4. The molecule has 45 heavy (non-hydrogen) atoms. The number of hydrogen-bond donors (Lipinski definition) is 3. The van der Waals surface area contributed by atoms with Crippen LogP contribution in [0.3, 0.4) is 0 Å². The third-order valence-corrected chi connectivity index (χ3v) is 8.24. The summed E-state index contributed by atoms with van der Waals surface area (Å²) >= 11 is 1.58. The second kappa shape index (κ2) is 18.3. The van der Waals surface area contributed by atoms with Gasteiger partial charge in [0, 0.05) is 26.1 Å². The quantitative estimate of drug-likeness (QED) is 0.207. The van der Waals surface area contributed by atoms with Gasteiger partial charge >= 0.3 is 0 Å². The fourth-order valence-electron chi connectivity index (χ4n) is 4.85. The molecule has 3 atom stereocenters. The molecule has 0 bridgehead atoms. The number of aryl methyl sites for hydroxylation is 1. The lowest BCUT2D eigenvalue weighted by Crippen LogP contribution is -2.58. The van der Waals surface area contributed by atoms with Crippen molar-refractivity contribution in [3.8, 4) is 10.4 Å². The molecule has 1 fully saturated rings. The lowest BCUT2D eigenvalue weighted by Gasteiger charge is -2.35. The van der Waals surface area contributed by atoms with Crippen LogP contribution in [0.1, 0.15) is 45.4 Å². The van der Waals surface area contributed by atoms with Crippen molar-refractivity contribution in [2.24, 2.45) is 5.41 Å². The third kappa shape index (κ3) is 11.7. The molecule has 250 valence electrons. The number of amides is 3. The first-order valence-corrected chi connectivity index (χ1v) is 16.2. The number of rotatable bonds is 18. The maximum absolute atomic E-state index is 13.7. The molecule has 13 heteroatoms. The Labute approximate surface area is 269 Å². The number of nitrogens with one attached hydrogen (secondary N) is 2. The largest absolute Gasteiger partial charge is 0.391 e. The van der Waals surface area contributed by atoms with E-state index in [0.717, 1.165) is 21.7 Å². The molecular formula is C32H48N4O8S. The molecule has 3 N–H and O–H groups in total. The Morgan fingerprint density at radius 1 is 1.02 bits per heavy atom. The smallest absolute Gasteiger partial charge is 0.246 e. The Morgan fingerprint density at radius 3 is 2.22 bits per heavy atom. The fourth-order valence-corrected chi connectivity index (χ4v) is 5.66. The second-order valence-corrected chi connectivity index (χ2v) is 12.8. The topological polar surface area (TPSA) is 149 Å². The normalized spacial score (nSPS) is 17.3. The van der Waals surface area contributed by atoms with E-state index in [1.165, 1.54) is 4.90 Å². The van der Waals surface area contributed by atoms with Crippen LogP contribution < -0.4 is 10.6 Å². The maximum Gasteiger partial charge on any atom is 0.246 e. The van der Waals surface area contributed by atoms with Gasteiger partial charge in [-0.05, 0) is 30.4 Å². The monoisotopic (exact) mass is 648 g/mol. The molecule has 0 spiro atoms. The van der Waals surface area contributed by atoms with Gasteiger partial charge in [-0.3, -0.25) is 14.4 Å². The van der Waals surface area contributed by atoms with Crippen molar-refractivity contribution in [3.05, 3.63) is 41.0 Å². The molecule has 12 nitrogen and oxygen atoms in total. The summed E-state index contributed by atoms with van der Waals surface area (Å²) in [5.41, 5.74) is 4.09. The Hall–Kier alpha value is -2.94. The molecule has 1 aromatic heterocycles. The first kappa shape index (κ1) is 36.5. The molecule has 0 unspecified atom stereocenters. The Kier molecular flexibility index (Phi) is 14.8. The number of ether oxygens (including phenoxy) is 4. The van der Waals surface area contributed by atoms with Crippen LogP contribution in [-0.2, 0) is 39.9 Å². The van der Waals surface area contributed by atoms with Gasteiger partial charge in [-0.1, -0.05) is 45.0 Å². The average molecular weight is 649 g/mol. The summed E-state index contributed by atoms with van der Waals surface area (Å²) in [4.78, 5) is 46.5. The van der Waals surface area contributed by atoms with Crippen molar-refractivity contribution in [2.75, 3.05) is 59.4 Å². The standard InChI is InChI=1S/C32H48N4O8S/c1-6-41-11-12-42-13-14-43-15-16-44-20-27(38)35-29(32(3,4)5)31(40)36-19-25(37)17-26(36)30(39)33-18-23-7-9-24(10-8-23)28-22(2)34-21-45-28/h7-10,21,25-26,29,37H,6,11-20H2,1-5H3,(H,33,39)(H,35,38)/t25-,26+,29-/m1/s1. The Bertz CT molecular complexity index is 1220. The lowest BCUT2D eigenvalue weighted by atomic mass is 9.85. The highest BCUT2D eigenvalue weighted by molar-refractivity contribution is 7.13. The van der Waals surface area contributed by atoms with Gasteiger partial charge in [-0.15, -0.1) is 11.3 Å². The molecule has 2 heterocycles. The summed E-state index contributed by atoms with van der Waals surface area (Å²) in [6.07, 6.45) is -0.728. The number of benzene rings is 1. The molecule has 2 aromatic rings. The summed E-state index contributed by atoms with van der Waals surface area (Å²) in [5, 5.41) is 16.1. The van der Waals surface area contributed by atoms with Crippen molar-refractivity contribution in [1.29, 1.82) is 0 Å². The van der Waals surface area contributed by atoms with E-state index in [0.29, 0.717) is 39.6 Å². The highest BCUT2D eigenvalue weighted by Crippen LogP contribution is 2.28. The predicted molar refractivity (Wildman–Crippen MR) is 171 cm³/mol. The van der Waals surface area contributed by atoms with Gasteiger partial charge in [-0.2, -0.15) is 0 Å². The van der Waals surface area contributed by atoms with Crippen LogP contribution in [0.2, 0.25) is 0 Å². The molecule has 0 aliphatic carbocycles. The first-order chi connectivity index (χ1) is 21.5. The summed E-state index contributed by atoms with van der Waals surface area (Å²) in [7, 11) is 0. The van der Waals surface area contributed by atoms with E-state index in [2.05, 4.69) is 15.6 Å². The number of aliphatic hydroxyl groups excluding tert-OH is 1. The number of hydrogen-bond acceptors (Lipinski definition) is 10. The first-order valence-electron chi connectivity index (χ1n) is 15.4. The van der Waals surface area contributed by atoms with Gasteiger partial charge in [0.15, 0.2) is 0 Å². The SMILES string of the molecule is CCOCCOCCOCCOCC(=O)N[C@H](C(=O)N1C[C@H](O)C[C@H]1C(=O)NCc1ccc(-c2scnc2C)cc1)C(C)(C)C. The van der Waals surface area contributed by atoms with Gasteiger partial charge in [0.25, 0.3) is 0 Å². The van der Waals surface area contributed by atoms with Crippen LogP contribution in [0.25, 0.3) is 10.4 Å². The number of aliphatic hydroxyl groups is 1. The van der Waals surface area contributed by atoms with Crippen LogP contribution in [0.15, 0.2) is 29.8 Å². The van der Waals surface area contributed by atoms with Crippen LogP contribution >= 0.6 is 11.3 Å². The van der Waals surface area contributed by atoms with Crippen LogP contribution in [0, 0.1) is 12.3 Å². The van der Waals surface area contributed by atoms with E-state index >= 15 is 0 Å². The van der Waals surface area contributed by atoms with Crippen molar-refractivity contribution < 1.29 is 38.4 Å². The number of aromatic nitrogens is 1. The summed E-state index contributed by atoms with van der Waals surface area (Å²) in [5.74, 6) is -1.24. The minimum Gasteiger partial charge on any atom is -0.391 e. The highest BCUT2D eigenvalue weighted by atomic mass is 32.1. The zero-order chi connectivity index (χ0) is 32.8. The molecule has 0 radical (unpaired) electrons. The van der Waals surface area contributed by atoms with Gasteiger partial charge in [-0.25, -0.2) is 4.98 Å². The maximum atomic E-state index is 13.7. The summed E-state index contributed by atoms with van der Waals surface area (Å²) in [6.45, 7) is 12.5. The molecule has 3 rings (SSSR count). The average Bonchev–Trinajstić information content (AvgIpc) is 3.62. The van der Waals surface area contributed by atoms with Gasteiger partial charge in [0.2, 0.25) is 17.7 Å². The molecule has 1 aromatic carbocycles. The fraction of sp³-hybridized carbons (Fsp3) is 0.625. The summed E-state index contributed by atoms with van der Waals surface area (Å²) in [6, 6.07) is 6.09. The van der Waals surface area contributed by atoms with Crippen molar-refractivity contribution in [2.45, 2.75) is 65.8 Å². The number of carbonyl (C=O) groups is 3. The van der Waals surface area contributed by atoms with E-state index in [1.54, 1.807) is 11.3 Å². The number of carbonyl (C=O) groups excluding carboxylic acids is 3. The molecular weight excluding hydrogens is 600 g/mol. The number of likely N-dealkylation sites (tertiary alicyclic amines) is 1. The van der Waals surface area contributed by atoms with Crippen molar-refractivity contribution in [3.63, 3.8) is 0 Å². The highest BCUT2D eigenvalue weighted by Gasteiger charge is 2.44. The van der Waals surface area contributed by atoms with Crippen molar-refractivity contribution in [1.82, 2.24) is 20.5 Å². The van der Waals surface area contributed by atoms with Gasteiger partial charge in [0.1, 0.15) is 18.7 Å². The van der Waals surface area contributed by atoms with E-state index in [9.17, 15) is 19.5 Å². The van der Waals surface area contributed by atoms with E-state index in [4.69, 9.17) is 18.9 Å². The molecule has 0 saturated carbocycles. The van der Waals surface area contributed by atoms with Crippen LogP contribution in [0.4, 0.5) is 0 Å². The van der Waals surface area contributed by atoms with E-state index in [-0.39, 0.29) is 38.6 Å². The third-order valence-electron chi connectivity index (χ3n) is 7.26. The molecule has 1 aliphatic rings. The van der Waals surface area contributed by atoms with Crippen LogP contribution in [-0.4, -0.2) is 110 Å². The lowest BCUT2D eigenvalue weighted by molar-refractivity contribution is -0.144.